The molecule has 1 aliphatic heterocycles. The van der Waals surface area contributed by atoms with Crippen LogP contribution in [0.3, 0.4) is 0 Å². The molecule has 3 rings (SSSR count). The Bertz CT molecular complexity index is 700. The molecule has 1 unspecified atom stereocenters. The highest BCUT2D eigenvalue weighted by atomic mass is 16.7. The van der Waals surface area contributed by atoms with Crippen molar-refractivity contribution in [3.05, 3.63) is 35.4 Å². The minimum atomic E-state index is -1.09. The molecule has 1 aromatic rings. The molecule has 0 N–H and O–H groups in total. The number of hydrogen-bond acceptors (Lipinski definition) is 5. The van der Waals surface area contributed by atoms with Crippen molar-refractivity contribution in [1.82, 2.24) is 0 Å². The summed E-state index contributed by atoms with van der Waals surface area (Å²) in [6.07, 6.45) is 2.14. The van der Waals surface area contributed by atoms with Crippen LogP contribution in [-0.2, 0) is 20.9 Å². The Morgan fingerprint density at radius 3 is 2.74 bits per heavy atom. The van der Waals surface area contributed by atoms with Gasteiger partial charge in [0.05, 0.1) is 11.4 Å². The second-order valence-electron chi connectivity index (χ2n) is 7.36. The van der Waals surface area contributed by atoms with Crippen LogP contribution >= 0.6 is 0 Å². The largest absolute Gasteiger partial charge is 0.381 e. The van der Waals surface area contributed by atoms with E-state index in [4.69, 9.17) is 9.68 Å². The first kappa shape index (κ1) is 15.7. The van der Waals surface area contributed by atoms with Crippen LogP contribution in [0.5, 0.6) is 0 Å². The third-order valence-electron chi connectivity index (χ3n) is 4.36. The van der Waals surface area contributed by atoms with E-state index in [1.165, 1.54) is 5.56 Å². The van der Waals surface area contributed by atoms with Crippen molar-refractivity contribution >= 4 is 17.4 Å². The topological polar surface area (TPSA) is 60.2 Å². The summed E-state index contributed by atoms with van der Waals surface area (Å²) in [6.45, 7) is 7.83. The van der Waals surface area contributed by atoms with Crippen molar-refractivity contribution in [1.29, 1.82) is 0 Å². The number of rotatable bonds is 2. The van der Waals surface area contributed by atoms with Crippen LogP contribution in [0.4, 0.5) is 0 Å². The van der Waals surface area contributed by atoms with Gasteiger partial charge in [-0.1, -0.05) is 55.3 Å². The Hall–Kier alpha value is -2.17. The van der Waals surface area contributed by atoms with Crippen LogP contribution in [-0.4, -0.2) is 23.0 Å². The third kappa shape index (κ3) is 3.00. The van der Waals surface area contributed by atoms with E-state index in [0.717, 1.165) is 29.8 Å². The number of hydrogen-bond donors (Lipinski definition) is 0. The van der Waals surface area contributed by atoms with Gasteiger partial charge in [-0.15, -0.1) is 0 Å². The zero-order valence-corrected chi connectivity index (χ0v) is 14.0. The van der Waals surface area contributed by atoms with Crippen LogP contribution in [0.2, 0.25) is 0 Å². The van der Waals surface area contributed by atoms with E-state index >= 15 is 0 Å². The van der Waals surface area contributed by atoms with Crippen molar-refractivity contribution in [2.75, 3.05) is 0 Å². The van der Waals surface area contributed by atoms with Gasteiger partial charge in [0.2, 0.25) is 5.60 Å². The van der Waals surface area contributed by atoms with Crippen LogP contribution < -0.4 is 0 Å². The molecule has 23 heavy (non-hydrogen) atoms. The van der Waals surface area contributed by atoms with Crippen molar-refractivity contribution in [2.24, 2.45) is 15.7 Å². The maximum absolute atomic E-state index is 12.4. The Balaban J connectivity index is 1.69. The molecule has 1 aliphatic carbocycles. The van der Waals surface area contributed by atoms with Crippen molar-refractivity contribution in [3.63, 3.8) is 0 Å². The molecule has 0 radical (unpaired) electrons. The summed E-state index contributed by atoms with van der Waals surface area (Å²) < 4.78 is 0. The van der Waals surface area contributed by atoms with Gasteiger partial charge in [-0.25, -0.2) is 4.79 Å². The second kappa shape index (κ2) is 5.48. The average molecular weight is 314 g/mol. The molecule has 122 valence electrons. The molecule has 2 aliphatic rings. The Morgan fingerprint density at radius 1 is 1.30 bits per heavy atom. The normalized spacial score (nSPS) is 25.0. The molecule has 1 atom stereocenters. The third-order valence-corrected chi connectivity index (χ3v) is 4.36. The number of nitrogens with zero attached hydrogens (tertiary/aromatic N) is 2. The van der Waals surface area contributed by atoms with Gasteiger partial charge in [-0.2, -0.15) is 0 Å². The summed E-state index contributed by atoms with van der Waals surface area (Å²) in [6, 6.07) is 8.05. The smallest absolute Gasteiger partial charge is 0.377 e. The van der Waals surface area contributed by atoms with E-state index < -0.39 is 11.6 Å². The molecule has 0 aromatic heterocycles. The summed E-state index contributed by atoms with van der Waals surface area (Å²) >= 11 is 0. The highest BCUT2D eigenvalue weighted by Gasteiger charge is 2.46. The van der Waals surface area contributed by atoms with Gasteiger partial charge in [-0.3, -0.25) is 0 Å². The molecule has 0 fully saturated rings. The maximum Gasteiger partial charge on any atom is 0.381 e. The highest BCUT2D eigenvalue weighted by molar-refractivity contribution is 6.04. The monoisotopic (exact) mass is 314 g/mol. The number of carbonyl (C=O) groups excluding carboxylic acids is 1. The summed E-state index contributed by atoms with van der Waals surface area (Å²) in [5, 5.41) is 8.14. The Kier molecular flexibility index (Phi) is 3.74. The summed E-state index contributed by atoms with van der Waals surface area (Å²) in [4.78, 5) is 22.9. The van der Waals surface area contributed by atoms with Crippen molar-refractivity contribution < 1.29 is 14.5 Å². The molecule has 5 nitrogen and oxygen atoms in total. The quantitative estimate of drug-likeness (QED) is 0.620. The number of benzene rings is 1. The van der Waals surface area contributed by atoms with E-state index in [1.807, 2.05) is 39.0 Å². The number of fused-ring (bicyclic) bond motifs is 1. The van der Waals surface area contributed by atoms with Crippen molar-refractivity contribution in [3.8, 4) is 0 Å². The first-order valence-electron chi connectivity index (χ1n) is 7.92. The van der Waals surface area contributed by atoms with E-state index in [0.29, 0.717) is 6.42 Å². The minimum Gasteiger partial charge on any atom is -0.377 e. The summed E-state index contributed by atoms with van der Waals surface area (Å²) in [5.41, 5.74) is 2.75. The number of carbonyl (C=O) groups is 1. The molecule has 0 saturated heterocycles. The molecule has 5 heteroatoms. The van der Waals surface area contributed by atoms with Crippen molar-refractivity contribution in [2.45, 2.75) is 52.6 Å². The lowest BCUT2D eigenvalue weighted by atomic mass is 9.84. The summed E-state index contributed by atoms with van der Waals surface area (Å²) in [7, 11) is 0. The maximum atomic E-state index is 12.4. The zero-order chi connectivity index (χ0) is 16.7. The SMILES string of the molecule is CC(C)(C)C1=NOC(C)(C(=O)O/N=C2\CCc3ccccc32)C1. The Labute approximate surface area is 136 Å². The lowest BCUT2D eigenvalue weighted by Crippen LogP contribution is -2.37. The number of aryl methyl sites for hydroxylation is 1. The Morgan fingerprint density at radius 2 is 2.04 bits per heavy atom. The molecule has 0 spiro atoms. The van der Waals surface area contributed by atoms with E-state index in [9.17, 15) is 4.79 Å². The summed E-state index contributed by atoms with van der Waals surface area (Å²) in [5.74, 6) is -0.502. The van der Waals surface area contributed by atoms with Crippen LogP contribution in [0.1, 0.15) is 51.7 Å². The highest BCUT2D eigenvalue weighted by Crippen LogP contribution is 2.33. The average Bonchev–Trinajstić information content (AvgIpc) is 3.09. The molecule has 0 amide bonds. The fourth-order valence-electron chi connectivity index (χ4n) is 2.75. The van der Waals surface area contributed by atoms with E-state index in [2.05, 4.69) is 16.4 Å². The van der Waals surface area contributed by atoms with Gasteiger partial charge >= 0.3 is 5.97 Å². The predicted molar refractivity (Wildman–Crippen MR) is 88.4 cm³/mol. The van der Waals surface area contributed by atoms with Crippen LogP contribution in [0.15, 0.2) is 34.6 Å². The standard InChI is InChI=1S/C18H22N2O3/c1-17(2,3)15-11-18(4,23-20-15)16(21)22-19-14-10-9-12-7-5-6-8-13(12)14/h5-8H,9-11H2,1-4H3/b19-14+. The molecular formula is C18H22N2O3. The van der Waals surface area contributed by atoms with Gasteiger partial charge in [0.25, 0.3) is 0 Å². The van der Waals surface area contributed by atoms with Gasteiger partial charge in [0.1, 0.15) is 0 Å². The predicted octanol–water partition coefficient (Wildman–Crippen LogP) is 3.46. The van der Waals surface area contributed by atoms with E-state index in [-0.39, 0.29) is 5.41 Å². The fourth-order valence-corrected chi connectivity index (χ4v) is 2.75. The van der Waals surface area contributed by atoms with Gasteiger partial charge < -0.3 is 9.68 Å². The lowest BCUT2D eigenvalue weighted by Gasteiger charge is -2.20. The molecule has 1 aromatic carbocycles. The molecular weight excluding hydrogens is 292 g/mol. The zero-order valence-electron chi connectivity index (χ0n) is 14.0. The van der Waals surface area contributed by atoms with Gasteiger partial charge in [0.15, 0.2) is 0 Å². The van der Waals surface area contributed by atoms with Gasteiger partial charge in [0, 0.05) is 17.4 Å². The number of oxime groups is 2. The van der Waals surface area contributed by atoms with Crippen LogP contribution in [0.25, 0.3) is 0 Å². The molecule has 0 saturated carbocycles. The minimum absolute atomic E-state index is 0.131. The first-order valence-corrected chi connectivity index (χ1v) is 7.92. The van der Waals surface area contributed by atoms with Gasteiger partial charge in [-0.05, 0) is 25.3 Å². The van der Waals surface area contributed by atoms with E-state index in [1.54, 1.807) is 6.92 Å². The second-order valence-corrected chi connectivity index (χ2v) is 7.36. The molecule has 1 heterocycles. The lowest BCUT2D eigenvalue weighted by molar-refractivity contribution is -0.167. The first-order chi connectivity index (χ1) is 10.8. The van der Waals surface area contributed by atoms with Crippen LogP contribution in [0, 0.1) is 5.41 Å². The molecule has 0 bridgehead atoms. The fraction of sp³-hybridized carbons (Fsp3) is 0.500.